The third-order valence-corrected chi connectivity index (χ3v) is 3.57. The summed E-state index contributed by atoms with van der Waals surface area (Å²) < 4.78 is 5.81. The molecule has 7 nitrogen and oxygen atoms in total. The Labute approximate surface area is 128 Å². The lowest BCUT2D eigenvalue weighted by atomic mass is 9.86. The number of guanidine groups is 1. The summed E-state index contributed by atoms with van der Waals surface area (Å²) in [5.74, 6) is 0.816. The molecule has 2 rings (SSSR count). The largest absolute Gasteiger partial charge is 0.485 e. The van der Waals surface area contributed by atoms with Gasteiger partial charge in [0.2, 0.25) is 12.2 Å². The summed E-state index contributed by atoms with van der Waals surface area (Å²) in [7, 11) is 1.62. The summed E-state index contributed by atoms with van der Waals surface area (Å²) in [4.78, 5) is 3.62. The number of nitriles is 2. The lowest BCUT2D eigenvalue weighted by Gasteiger charge is -2.42. The Balaban J connectivity index is 2.49. The van der Waals surface area contributed by atoms with Gasteiger partial charge in [-0.05, 0) is 32.0 Å². The fraction of sp³-hybridized carbons (Fsp3) is 0.400. The molecule has 2 atom stereocenters. The number of nitrogens with one attached hydrogen (secondary N) is 2. The topological polar surface area (TPSA) is 113 Å². The molecule has 22 heavy (non-hydrogen) atoms. The van der Waals surface area contributed by atoms with E-state index in [0.717, 1.165) is 0 Å². The predicted octanol–water partition coefficient (Wildman–Crippen LogP) is 0.777. The van der Waals surface area contributed by atoms with Gasteiger partial charge in [-0.1, -0.05) is 0 Å². The number of rotatable bonds is 1. The first-order valence-electron chi connectivity index (χ1n) is 6.75. The first-order valence-corrected chi connectivity index (χ1v) is 6.75. The molecule has 1 aliphatic rings. The van der Waals surface area contributed by atoms with E-state index in [1.165, 1.54) is 0 Å². The fourth-order valence-corrected chi connectivity index (χ4v) is 2.38. The second-order valence-corrected chi connectivity index (χ2v) is 5.45. The molecule has 3 N–H and O–H groups in total. The van der Waals surface area contributed by atoms with E-state index >= 15 is 0 Å². The maximum Gasteiger partial charge on any atom is 0.209 e. The van der Waals surface area contributed by atoms with Gasteiger partial charge >= 0.3 is 0 Å². The van der Waals surface area contributed by atoms with Crippen molar-refractivity contribution >= 4 is 5.96 Å². The van der Waals surface area contributed by atoms with Gasteiger partial charge in [0.15, 0.2) is 0 Å². The number of hydrogen-bond acceptors (Lipinski definition) is 5. The van der Waals surface area contributed by atoms with Crippen molar-refractivity contribution in [2.75, 3.05) is 7.05 Å². The van der Waals surface area contributed by atoms with Crippen LogP contribution >= 0.6 is 0 Å². The lowest BCUT2D eigenvalue weighted by molar-refractivity contribution is -0.0611. The van der Waals surface area contributed by atoms with E-state index in [4.69, 9.17) is 15.3 Å². The number of fused-ring (bicyclic) bond motifs is 1. The quantitative estimate of drug-likeness (QED) is 0.401. The van der Waals surface area contributed by atoms with Gasteiger partial charge in [-0.15, -0.1) is 4.99 Å². The first-order chi connectivity index (χ1) is 10.4. The molecular formula is C15H17N5O2. The summed E-state index contributed by atoms with van der Waals surface area (Å²) in [6.07, 6.45) is 0.791. The van der Waals surface area contributed by atoms with Crippen LogP contribution in [0.5, 0.6) is 5.75 Å². The summed E-state index contributed by atoms with van der Waals surface area (Å²) in [5, 5.41) is 34.1. The highest BCUT2D eigenvalue weighted by atomic mass is 16.5. The van der Waals surface area contributed by atoms with Crippen LogP contribution in [0.15, 0.2) is 23.2 Å². The molecule has 1 aromatic rings. The van der Waals surface area contributed by atoms with Crippen LogP contribution in [0.2, 0.25) is 0 Å². The molecule has 0 saturated carbocycles. The maximum absolute atomic E-state index is 10.6. The lowest BCUT2D eigenvalue weighted by Crippen LogP contribution is -2.54. The van der Waals surface area contributed by atoms with Crippen LogP contribution in [0.1, 0.15) is 31.0 Å². The van der Waals surface area contributed by atoms with Gasteiger partial charge in [-0.25, -0.2) is 0 Å². The van der Waals surface area contributed by atoms with Gasteiger partial charge in [0, 0.05) is 12.6 Å². The number of hydrogen-bond donors (Lipinski definition) is 3. The van der Waals surface area contributed by atoms with Crippen LogP contribution in [-0.2, 0) is 0 Å². The average Bonchev–Trinajstić information content (AvgIpc) is 2.50. The minimum Gasteiger partial charge on any atom is -0.485 e. The van der Waals surface area contributed by atoms with Gasteiger partial charge in [0.1, 0.15) is 17.5 Å². The van der Waals surface area contributed by atoms with Gasteiger partial charge < -0.3 is 20.5 Å². The molecule has 7 heteroatoms. The minimum absolute atomic E-state index is 0.234. The second-order valence-electron chi connectivity index (χ2n) is 5.45. The van der Waals surface area contributed by atoms with Gasteiger partial charge in [-0.2, -0.15) is 10.5 Å². The molecule has 0 radical (unpaired) electrons. The number of aliphatic hydroxyl groups is 1. The average molecular weight is 299 g/mol. The Morgan fingerprint density at radius 2 is 2.14 bits per heavy atom. The van der Waals surface area contributed by atoms with E-state index in [-0.39, 0.29) is 5.96 Å². The molecule has 0 aliphatic carbocycles. The Bertz CT molecular complexity index is 684. The zero-order chi connectivity index (χ0) is 16.3. The molecule has 0 spiro atoms. The van der Waals surface area contributed by atoms with Crippen molar-refractivity contribution in [2.45, 2.75) is 31.6 Å². The molecule has 0 saturated heterocycles. The molecule has 1 aromatic carbocycles. The van der Waals surface area contributed by atoms with Crippen LogP contribution in [0.3, 0.4) is 0 Å². The summed E-state index contributed by atoms with van der Waals surface area (Å²) in [5.41, 5.74) is 0.278. The molecule has 1 aliphatic heterocycles. The van der Waals surface area contributed by atoms with Crippen molar-refractivity contribution in [1.29, 1.82) is 10.5 Å². The van der Waals surface area contributed by atoms with Crippen LogP contribution in [0.25, 0.3) is 0 Å². The number of aliphatic hydroxyl groups excluding tert-OH is 1. The minimum atomic E-state index is -0.897. The predicted molar refractivity (Wildman–Crippen MR) is 79.9 cm³/mol. The molecule has 0 unspecified atom stereocenters. The van der Waals surface area contributed by atoms with Gasteiger partial charge in [0.05, 0.1) is 17.7 Å². The smallest absolute Gasteiger partial charge is 0.209 e. The zero-order valence-corrected chi connectivity index (χ0v) is 12.6. The molecule has 1 heterocycles. The maximum atomic E-state index is 10.6. The number of benzene rings is 1. The Hall–Kier alpha value is -2.77. The van der Waals surface area contributed by atoms with Crippen LogP contribution in [-0.4, -0.2) is 29.8 Å². The highest BCUT2D eigenvalue weighted by Crippen LogP contribution is 2.40. The van der Waals surface area contributed by atoms with Crippen molar-refractivity contribution in [3.63, 3.8) is 0 Å². The molecule has 0 fully saturated rings. The summed E-state index contributed by atoms with van der Waals surface area (Å²) in [6, 6.07) is 6.52. The van der Waals surface area contributed by atoms with Crippen LogP contribution < -0.4 is 15.4 Å². The van der Waals surface area contributed by atoms with E-state index in [1.807, 2.05) is 0 Å². The second kappa shape index (κ2) is 5.92. The zero-order valence-electron chi connectivity index (χ0n) is 12.6. The van der Waals surface area contributed by atoms with Gasteiger partial charge in [-0.3, -0.25) is 0 Å². The number of aliphatic imine (C=N–C) groups is 1. The third-order valence-electron chi connectivity index (χ3n) is 3.57. The van der Waals surface area contributed by atoms with Gasteiger partial charge in [0.25, 0.3) is 0 Å². The Morgan fingerprint density at radius 1 is 1.41 bits per heavy atom. The van der Waals surface area contributed by atoms with E-state index in [2.05, 4.69) is 21.7 Å². The summed E-state index contributed by atoms with van der Waals surface area (Å²) in [6.45, 7) is 3.54. The monoisotopic (exact) mass is 299 g/mol. The van der Waals surface area contributed by atoms with Crippen molar-refractivity contribution in [1.82, 2.24) is 10.6 Å². The van der Waals surface area contributed by atoms with Crippen LogP contribution in [0.4, 0.5) is 0 Å². The normalized spacial score (nSPS) is 22.5. The molecular weight excluding hydrogens is 282 g/mol. The summed E-state index contributed by atoms with van der Waals surface area (Å²) >= 11 is 0. The highest BCUT2D eigenvalue weighted by Gasteiger charge is 2.43. The van der Waals surface area contributed by atoms with E-state index in [9.17, 15) is 5.11 Å². The Kier molecular flexibility index (Phi) is 4.20. The van der Waals surface area contributed by atoms with E-state index < -0.39 is 17.7 Å². The number of nitrogens with zero attached hydrogens (tertiary/aromatic N) is 3. The van der Waals surface area contributed by atoms with Crippen molar-refractivity contribution in [3.05, 3.63) is 29.3 Å². The van der Waals surface area contributed by atoms with E-state index in [1.54, 1.807) is 45.3 Å². The molecule has 0 bridgehead atoms. The SMILES string of the molecule is CN/C(=N/C#N)N[C@H]1c2cc(C#N)ccc2OC(C)(C)[C@@H]1O. The number of ether oxygens (including phenoxy) is 1. The Morgan fingerprint density at radius 3 is 2.73 bits per heavy atom. The standard InChI is InChI=1S/C15H17N5O2/c1-15(2)13(21)12(20-14(18-3)19-8-17)10-6-9(7-16)4-5-11(10)22-15/h4-6,12-13,21H,1-3H3,(H2,18,19,20)/t12-,13+/m0/s1. The third kappa shape index (κ3) is 2.80. The molecule has 0 aromatic heterocycles. The van der Waals surface area contributed by atoms with Crippen molar-refractivity contribution < 1.29 is 9.84 Å². The van der Waals surface area contributed by atoms with Crippen molar-refractivity contribution in [2.24, 2.45) is 4.99 Å². The van der Waals surface area contributed by atoms with Crippen molar-refractivity contribution in [3.8, 4) is 18.0 Å². The van der Waals surface area contributed by atoms with E-state index in [0.29, 0.717) is 16.9 Å². The van der Waals surface area contributed by atoms with Crippen LogP contribution in [0, 0.1) is 22.8 Å². The first kappa shape index (κ1) is 15.6. The molecule has 114 valence electrons. The fourth-order valence-electron chi connectivity index (χ4n) is 2.38. The molecule has 0 amide bonds. The highest BCUT2D eigenvalue weighted by molar-refractivity contribution is 5.81.